The van der Waals surface area contributed by atoms with Gasteiger partial charge in [-0.2, -0.15) is 4.98 Å². The van der Waals surface area contributed by atoms with Crippen molar-refractivity contribution in [2.45, 2.75) is 26.7 Å². The van der Waals surface area contributed by atoms with E-state index in [1.165, 1.54) is 19.1 Å². The second kappa shape index (κ2) is 4.68. The molecule has 1 aromatic carbocycles. The van der Waals surface area contributed by atoms with Crippen LogP contribution in [-0.4, -0.2) is 15.9 Å². The van der Waals surface area contributed by atoms with E-state index in [0.717, 1.165) is 5.56 Å². The van der Waals surface area contributed by atoms with Gasteiger partial charge in [0.15, 0.2) is 0 Å². The summed E-state index contributed by atoms with van der Waals surface area (Å²) in [5, 5.41) is 3.77. The predicted octanol–water partition coefficient (Wildman–Crippen LogP) is 2.88. The largest absolute Gasteiger partial charge is 0.338 e. The first-order valence-corrected chi connectivity index (χ1v) is 5.59. The molecule has 1 aromatic heterocycles. The average molecular weight is 248 g/mol. The lowest BCUT2D eigenvalue weighted by atomic mass is 10.1. The maximum atomic E-state index is 13.3. The second-order valence-electron chi connectivity index (χ2n) is 4.31. The highest BCUT2D eigenvalue weighted by Crippen LogP contribution is 2.22. The third kappa shape index (κ3) is 2.45. The smallest absolute Gasteiger partial charge is 0.237 e. The van der Waals surface area contributed by atoms with Crippen molar-refractivity contribution in [1.82, 2.24) is 10.1 Å². The maximum Gasteiger partial charge on any atom is 0.237 e. The fourth-order valence-corrected chi connectivity index (χ4v) is 1.57. The molecule has 0 radical (unpaired) electrons. The van der Waals surface area contributed by atoms with Crippen LogP contribution in [0.2, 0.25) is 0 Å². The van der Waals surface area contributed by atoms with Crippen molar-refractivity contribution in [2.75, 3.05) is 0 Å². The summed E-state index contributed by atoms with van der Waals surface area (Å²) in [4.78, 5) is 15.3. The quantitative estimate of drug-likeness (QED) is 0.838. The molecule has 0 N–H and O–H groups in total. The number of aromatic nitrogens is 2. The number of aryl methyl sites for hydroxylation is 1. The highest BCUT2D eigenvalue weighted by atomic mass is 19.1. The van der Waals surface area contributed by atoms with Gasteiger partial charge >= 0.3 is 0 Å². The molecule has 0 aliphatic rings. The summed E-state index contributed by atoms with van der Waals surface area (Å²) < 4.78 is 18.3. The van der Waals surface area contributed by atoms with E-state index in [4.69, 9.17) is 4.52 Å². The molecule has 0 spiro atoms. The summed E-state index contributed by atoms with van der Waals surface area (Å²) in [7, 11) is 0. The summed E-state index contributed by atoms with van der Waals surface area (Å²) in [6.45, 7) is 4.93. The van der Waals surface area contributed by atoms with Gasteiger partial charge in [-0.05, 0) is 44.5 Å². The lowest BCUT2D eigenvalue weighted by Crippen LogP contribution is -2.04. The Kier molecular flexibility index (Phi) is 3.23. The van der Waals surface area contributed by atoms with Gasteiger partial charge in [0.05, 0.1) is 5.92 Å². The first kappa shape index (κ1) is 12.4. The Morgan fingerprint density at radius 1 is 1.39 bits per heavy atom. The Morgan fingerprint density at radius 2 is 2.11 bits per heavy atom. The first-order valence-electron chi connectivity index (χ1n) is 5.59. The lowest BCUT2D eigenvalue weighted by Gasteiger charge is -1.99. The Bertz CT molecular complexity index is 572. The predicted molar refractivity (Wildman–Crippen MR) is 63.5 cm³/mol. The fourth-order valence-electron chi connectivity index (χ4n) is 1.57. The molecule has 1 atom stereocenters. The summed E-state index contributed by atoms with van der Waals surface area (Å²) >= 11 is 0. The van der Waals surface area contributed by atoms with Crippen LogP contribution in [0.1, 0.15) is 31.2 Å². The van der Waals surface area contributed by atoms with Gasteiger partial charge in [-0.3, -0.25) is 4.79 Å². The van der Waals surface area contributed by atoms with Crippen molar-refractivity contribution in [1.29, 1.82) is 0 Å². The zero-order valence-corrected chi connectivity index (χ0v) is 10.4. The molecule has 0 amide bonds. The number of ketones is 1. The molecule has 0 saturated carbocycles. The molecule has 2 aromatic rings. The van der Waals surface area contributed by atoms with Gasteiger partial charge in [-0.15, -0.1) is 0 Å². The van der Waals surface area contributed by atoms with Gasteiger partial charge in [0, 0.05) is 5.56 Å². The third-order valence-electron chi connectivity index (χ3n) is 2.72. The van der Waals surface area contributed by atoms with Gasteiger partial charge in [0.1, 0.15) is 11.6 Å². The Hall–Kier alpha value is -2.04. The van der Waals surface area contributed by atoms with Crippen LogP contribution in [-0.2, 0) is 4.79 Å². The lowest BCUT2D eigenvalue weighted by molar-refractivity contribution is -0.118. The van der Waals surface area contributed by atoms with Crippen molar-refractivity contribution in [3.8, 4) is 11.4 Å². The van der Waals surface area contributed by atoms with Crippen LogP contribution in [0, 0.1) is 12.7 Å². The van der Waals surface area contributed by atoms with Crippen LogP contribution in [0.25, 0.3) is 11.4 Å². The van der Waals surface area contributed by atoms with Gasteiger partial charge in [0.2, 0.25) is 11.7 Å². The van der Waals surface area contributed by atoms with Crippen LogP contribution in [0.4, 0.5) is 4.39 Å². The maximum absolute atomic E-state index is 13.3. The van der Waals surface area contributed by atoms with Gasteiger partial charge in [0.25, 0.3) is 0 Å². The van der Waals surface area contributed by atoms with E-state index in [0.29, 0.717) is 11.4 Å². The SMILES string of the molecule is CC(=O)C(C)c1nc(-c2cc(C)cc(F)c2)no1. The Labute approximate surface area is 104 Å². The van der Waals surface area contributed by atoms with Crippen LogP contribution >= 0.6 is 0 Å². The second-order valence-corrected chi connectivity index (χ2v) is 4.31. The molecule has 4 nitrogen and oxygen atoms in total. The van der Waals surface area contributed by atoms with Crippen LogP contribution < -0.4 is 0 Å². The van der Waals surface area contributed by atoms with E-state index in [-0.39, 0.29) is 17.5 Å². The van der Waals surface area contributed by atoms with Crippen molar-refractivity contribution in [2.24, 2.45) is 0 Å². The topological polar surface area (TPSA) is 56.0 Å². The first-order chi connectivity index (χ1) is 8.47. The standard InChI is InChI=1S/C13H13FN2O2/c1-7-4-10(6-11(14)5-7)12-15-13(18-16-12)8(2)9(3)17/h4-6,8H,1-3H3. The number of hydrogen-bond acceptors (Lipinski definition) is 4. The molecule has 0 aliphatic heterocycles. The molecule has 18 heavy (non-hydrogen) atoms. The summed E-state index contributed by atoms with van der Waals surface area (Å²) in [5.41, 5.74) is 1.31. The number of halogens is 1. The molecule has 5 heteroatoms. The van der Waals surface area contributed by atoms with E-state index in [2.05, 4.69) is 10.1 Å². The minimum atomic E-state index is -0.444. The number of rotatable bonds is 3. The molecule has 0 saturated heterocycles. The summed E-state index contributed by atoms with van der Waals surface area (Å²) in [5.74, 6) is -0.308. The molecule has 2 rings (SSSR count). The molecule has 94 valence electrons. The van der Waals surface area contributed by atoms with Gasteiger partial charge in [-0.25, -0.2) is 4.39 Å². The van der Waals surface area contributed by atoms with Gasteiger partial charge in [-0.1, -0.05) is 5.16 Å². The van der Waals surface area contributed by atoms with Crippen molar-refractivity contribution in [3.05, 3.63) is 35.5 Å². The number of Topliss-reactive ketones (excluding diaryl/α,β-unsaturated/α-hetero) is 1. The zero-order valence-electron chi connectivity index (χ0n) is 10.4. The minimum absolute atomic E-state index is 0.0550. The highest BCUT2D eigenvalue weighted by Gasteiger charge is 2.19. The molecule has 0 fully saturated rings. The summed E-state index contributed by atoms with van der Waals surface area (Å²) in [6.07, 6.45) is 0. The van der Waals surface area contributed by atoms with Gasteiger partial charge < -0.3 is 4.52 Å². The molecular formula is C13H13FN2O2. The van der Waals surface area contributed by atoms with E-state index in [9.17, 15) is 9.18 Å². The molecule has 1 unspecified atom stereocenters. The number of carbonyl (C=O) groups excluding carboxylic acids is 1. The fraction of sp³-hybridized carbons (Fsp3) is 0.308. The molecule has 1 heterocycles. The monoisotopic (exact) mass is 248 g/mol. The van der Waals surface area contributed by atoms with Crippen molar-refractivity contribution < 1.29 is 13.7 Å². The third-order valence-corrected chi connectivity index (χ3v) is 2.72. The van der Waals surface area contributed by atoms with E-state index in [1.54, 1.807) is 19.9 Å². The number of nitrogens with zero attached hydrogens (tertiary/aromatic N) is 2. The van der Waals surface area contributed by atoms with E-state index in [1.807, 2.05) is 0 Å². The van der Waals surface area contributed by atoms with Crippen LogP contribution in [0.3, 0.4) is 0 Å². The van der Waals surface area contributed by atoms with E-state index < -0.39 is 5.92 Å². The average Bonchev–Trinajstić information content (AvgIpc) is 2.75. The number of carbonyl (C=O) groups is 1. The summed E-state index contributed by atoms with van der Waals surface area (Å²) in [6, 6.07) is 4.51. The highest BCUT2D eigenvalue weighted by molar-refractivity contribution is 5.81. The van der Waals surface area contributed by atoms with Crippen LogP contribution in [0.15, 0.2) is 22.7 Å². The Morgan fingerprint density at radius 3 is 2.72 bits per heavy atom. The Balaban J connectivity index is 2.37. The van der Waals surface area contributed by atoms with Crippen LogP contribution in [0.5, 0.6) is 0 Å². The zero-order chi connectivity index (χ0) is 13.3. The molecule has 0 bridgehead atoms. The van der Waals surface area contributed by atoms with Crippen molar-refractivity contribution in [3.63, 3.8) is 0 Å². The number of benzene rings is 1. The number of hydrogen-bond donors (Lipinski definition) is 0. The normalized spacial score (nSPS) is 12.4. The minimum Gasteiger partial charge on any atom is -0.338 e. The molecular weight excluding hydrogens is 235 g/mol. The van der Waals surface area contributed by atoms with E-state index >= 15 is 0 Å². The molecule has 0 aliphatic carbocycles. The van der Waals surface area contributed by atoms with Crippen molar-refractivity contribution >= 4 is 5.78 Å².